The van der Waals surface area contributed by atoms with Gasteiger partial charge in [0.05, 0.1) is 18.9 Å². The van der Waals surface area contributed by atoms with E-state index in [2.05, 4.69) is 19.9 Å². The minimum absolute atomic E-state index is 0.509. The van der Waals surface area contributed by atoms with Gasteiger partial charge in [-0.05, 0) is 6.07 Å². The van der Waals surface area contributed by atoms with Crippen molar-refractivity contribution >= 4 is 5.82 Å². The highest BCUT2D eigenvalue weighted by molar-refractivity contribution is 5.22. The SMILES string of the molecule is Nc1ccncn1.c1ncc2c(n1)CCOC2. The van der Waals surface area contributed by atoms with Crippen molar-refractivity contribution in [2.24, 2.45) is 0 Å². The highest BCUT2D eigenvalue weighted by Crippen LogP contribution is 2.11. The molecule has 0 atom stereocenters. The first-order valence-corrected chi connectivity index (χ1v) is 5.23. The van der Waals surface area contributed by atoms with Crippen molar-refractivity contribution in [2.45, 2.75) is 13.0 Å². The fourth-order valence-electron chi connectivity index (χ4n) is 1.38. The molecule has 17 heavy (non-hydrogen) atoms. The molecule has 0 aliphatic carbocycles. The molecule has 88 valence electrons. The lowest BCUT2D eigenvalue weighted by Crippen LogP contribution is -2.11. The lowest BCUT2D eigenvalue weighted by Gasteiger charge is -2.13. The summed E-state index contributed by atoms with van der Waals surface area (Å²) in [6, 6.07) is 1.64. The van der Waals surface area contributed by atoms with Gasteiger partial charge in [0.25, 0.3) is 0 Å². The summed E-state index contributed by atoms with van der Waals surface area (Å²) in [6.45, 7) is 1.47. The molecule has 1 aliphatic rings. The number of nitrogen functional groups attached to an aromatic ring is 1. The third-order valence-electron chi connectivity index (χ3n) is 2.23. The lowest BCUT2D eigenvalue weighted by atomic mass is 10.1. The van der Waals surface area contributed by atoms with Gasteiger partial charge >= 0.3 is 0 Å². The van der Waals surface area contributed by atoms with Gasteiger partial charge in [-0.3, -0.25) is 0 Å². The van der Waals surface area contributed by atoms with E-state index in [9.17, 15) is 0 Å². The van der Waals surface area contributed by atoms with Gasteiger partial charge < -0.3 is 10.5 Å². The number of nitrogens with two attached hydrogens (primary N) is 1. The van der Waals surface area contributed by atoms with Crippen molar-refractivity contribution < 1.29 is 4.74 Å². The molecule has 0 saturated heterocycles. The molecule has 0 fully saturated rings. The van der Waals surface area contributed by atoms with Gasteiger partial charge in [0.15, 0.2) is 0 Å². The first-order valence-electron chi connectivity index (χ1n) is 5.23. The van der Waals surface area contributed by atoms with Gasteiger partial charge in [0, 0.05) is 24.4 Å². The van der Waals surface area contributed by atoms with Crippen LogP contribution in [0.4, 0.5) is 5.82 Å². The maximum Gasteiger partial charge on any atom is 0.126 e. The van der Waals surface area contributed by atoms with Crippen molar-refractivity contribution in [1.29, 1.82) is 0 Å². The molecule has 0 saturated carbocycles. The maximum atomic E-state index is 5.22. The molecule has 1 aliphatic heterocycles. The van der Waals surface area contributed by atoms with E-state index in [1.54, 1.807) is 18.6 Å². The van der Waals surface area contributed by atoms with Crippen molar-refractivity contribution in [3.05, 3.63) is 42.4 Å². The second-order valence-electron chi connectivity index (χ2n) is 3.43. The monoisotopic (exact) mass is 231 g/mol. The molecule has 6 heteroatoms. The average Bonchev–Trinajstić information content (AvgIpc) is 2.41. The Morgan fingerprint density at radius 2 is 2.06 bits per heavy atom. The molecule has 2 aromatic heterocycles. The third kappa shape index (κ3) is 3.46. The van der Waals surface area contributed by atoms with E-state index in [0.717, 1.165) is 24.3 Å². The zero-order chi connectivity index (χ0) is 11.9. The van der Waals surface area contributed by atoms with Gasteiger partial charge in [-0.15, -0.1) is 0 Å². The molecule has 3 rings (SSSR count). The summed E-state index contributed by atoms with van der Waals surface area (Å²) in [5, 5.41) is 0. The number of fused-ring (bicyclic) bond motifs is 1. The van der Waals surface area contributed by atoms with E-state index in [1.807, 2.05) is 6.20 Å². The smallest absolute Gasteiger partial charge is 0.126 e. The minimum atomic E-state index is 0.509. The normalized spacial score (nSPS) is 13.2. The zero-order valence-electron chi connectivity index (χ0n) is 9.28. The largest absolute Gasteiger partial charge is 0.384 e. The van der Waals surface area contributed by atoms with Crippen molar-refractivity contribution in [3.8, 4) is 0 Å². The average molecular weight is 231 g/mol. The zero-order valence-corrected chi connectivity index (χ0v) is 9.28. The molecule has 3 heterocycles. The molecule has 0 radical (unpaired) electrons. The second-order valence-corrected chi connectivity index (χ2v) is 3.43. The van der Waals surface area contributed by atoms with E-state index in [-0.39, 0.29) is 0 Å². The minimum Gasteiger partial charge on any atom is -0.384 e. The quantitative estimate of drug-likeness (QED) is 0.714. The van der Waals surface area contributed by atoms with Crippen LogP contribution in [-0.2, 0) is 17.8 Å². The molecule has 2 aromatic rings. The van der Waals surface area contributed by atoms with Gasteiger partial charge in [-0.2, -0.15) is 0 Å². The highest BCUT2D eigenvalue weighted by Gasteiger charge is 2.08. The summed E-state index contributed by atoms with van der Waals surface area (Å²) in [4.78, 5) is 15.3. The van der Waals surface area contributed by atoms with Crippen molar-refractivity contribution in [3.63, 3.8) is 0 Å². The topological polar surface area (TPSA) is 86.8 Å². The summed E-state index contributed by atoms with van der Waals surface area (Å²) in [6.07, 6.45) is 7.35. The van der Waals surface area contributed by atoms with Gasteiger partial charge in [0.2, 0.25) is 0 Å². The number of ether oxygens (including phenoxy) is 1. The van der Waals surface area contributed by atoms with E-state index in [4.69, 9.17) is 10.5 Å². The Kier molecular flexibility index (Phi) is 3.93. The first-order chi connectivity index (χ1) is 8.36. The molecular formula is C11H13N5O. The molecule has 0 spiro atoms. The Labute approximate surface area is 98.9 Å². The van der Waals surface area contributed by atoms with E-state index in [1.165, 1.54) is 6.33 Å². The Hall–Kier alpha value is -2.08. The lowest BCUT2D eigenvalue weighted by molar-refractivity contribution is 0.109. The first kappa shape index (κ1) is 11.4. The maximum absolute atomic E-state index is 5.22. The Morgan fingerprint density at radius 1 is 1.18 bits per heavy atom. The Morgan fingerprint density at radius 3 is 2.71 bits per heavy atom. The van der Waals surface area contributed by atoms with Gasteiger partial charge in [0.1, 0.15) is 18.5 Å². The van der Waals surface area contributed by atoms with Crippen LogP contribution >= 0.6 is 0 Å². The predicted molar refractivity (Wildman–Crippen MR) is 61.8 cm³/mol. The fourth-order valence-corrected chi connectivity index (χ4v) is 1.38. The summed E-state index contributed by atoms with van der Waals surface area (Å²) in [5.41, 5.74) is 7.48. The van der Waals surface area contributed by atoms with Crippen LogP contribution in [0.1, 0.15) is 11.3 Å². The number of hydrogen-bond donors (Lipinski definition) is 1. The fraction of sp³-hybridized carbons (Fsp3) is 0.273. The summed E-state index contributed by atoms with van der Waals surface area (Å²) >= 11 is 0. The van der Waals surface area contributed by atoms with Crippen LogP contribution in [0.25, 0.3) is 0 Å². The van der Waals surface area contributed by atoms with Crippen LogP contribution in [0.5, 0.6) is 0 Å². The summed E-state index contributed by atoms with van der Waals surface area (Å²) in [7, 11) is 0. The molecular weight excluding hydrogens is 218 g/mol. The van der Waals surface area contributed by atoms with Crippen LogP contribution in [-0.4, -0.2) is 26.5 Å². The number of hydrogen-bond acceptors (Lipinski definition) is 6. The van der Waals surface area contributed by atoms with Crippen LogP contribution in [0, 0.1) is 0 Å². The standard InChI is InChI=1S/C7H8N2O.C4H5N3/c1-2-10-4-6-3-8-5-9-7(1)6;5-4-1-2-6-3-7-4/h3,5H,1-2,4H2;1-3H,(H2,5,6,7). The molecule has 2 N–H and O–H groups in total. The van der Waals surface area contributed by atoms with E-state index < -0.39 is 0 Å². The van der Waals surface area contributed by atoms with Crippen LogP contribution < -0.4 is 5.73 Å². The molecule has 0 unspecified atom stereocenters. The van der Waals surface area contributed by atoms with Crippen LogP contribution in [0.2, 0.25) is 0 Å². The van der Waals surface area contributed by atoms with Crippen molar-refractivity contribution in [1.82, 2.24) is 19.9 Å². The number of rotatable bonds is 0. The molecule has 0 bridgehead atoms. The second kappa shape index (κ2) is 5.86. The summed E-state index contributed by atoms with van der Waals surface area (Å²) < 4.78 is 5.22. The summed E-state index contributed by atoms with van der Waals surface area (Å²) in [5.74, 6) is 0.509. The highest BCUT2D eigenvalue weighted by atomic mass is 16.5. The number of anilines is 1. The van der Waals surface area contributed by atoms with Crippen LogP contribution in [0.3, 0.4) is 0 Å². The number of nitrogens with zero attached hydrogens (tertiary/aromatic N) is 4. The van der Waals surface area contributed by atoms with Crippen molar-refractivity contribution in [2.75, 3.05) is 12.3 Å². The van der Waals surface area contributed by atoms with E-state index >= 15 is 0 Å². The molecule has 0 amide bonds. The Bertz CT molecular complexity index is 437. The Balaban J connectivity index is 0.000000136. The third-order valence-corrected chi connectivity index (χ3v) is 2.23. The number of aromatic nitrogens is 4. The van der Waals surface area contributed by atoms with E-state index in [0.29, 0.717) is 12.4 Å². The van der Waals surface area contributed by atoms with Gasteiger partial charge in [-0.25, -0.2) is 19.9 Å². The molecule has 6 nitrogen and oxygen atoms in total. The molecule has 0 aromatic carbocycles. The predicted octanol–water partition coefficient (Wildman–Crippen LogP) is 0.608. The van der Waals surface area contributed by atoms with Gasteiger partial charge in [-0.1, -0.05) is 0 Å². The van der Waals surface area contributed by atoms with Crippen LogP contribution in [0.15, 0.2) is 31.1 Å².